The molecule has 136 valence electrons. The molecule has 0 amide bonds. The summed E-state index contributed by atoms with van der Waals surface area (Å²) in [6.07, 6.45) is 0. The molecule has 1 aliphatic rings. The standard InChI is InChI=1S/C24H22INO/c25-24(21-9-5-2-6-10-21)23(19-7-3-1-4-8-19)20-11-13-22(14-12-20)27-18-17-26-15-16-26/h1-14H,15-18H2/b24-23-/i25-2. The van der Waals surface area contributed by atoms with E-state index in [1.165, 1.54) is 38.9 Å². The molecule has 3 aromatic carbocycles. The predicted molar refractivity (Wildman–Crippen MR) is 121 cm³/mol. The Morgan fingerprint density at radius 1 is 0.741 bits per heavy atom. The number of benzene rings is 3. The van der Waals surface area contributed by atoms with Crippen LogP contribution in [-0.4, -0.2) is 31.1 Å². The molecule has 0 N–H and O–H groups in total. The van der Waals surface area contributed by atoms with E-state index >= 15 is 0 Å². The average Bonchev–Trinajstić information content (AvgIpc) is 3.55. The highest BCUT2D eigenvalue weighted by atomic mass is 125. The van der Waals surface area contributed by atoms with Crippen molar-refractivity contribution in [3.05, 3.63) is 102 Å². The van der Waals surface area contributed by atoms with Crippen molar-refractivity contribution in [3.8, 4) is 5.75 Å². The SMILES string of the molecule is [125I]/C(=C(/c1ccccc1)c1ccc(OCCN2CC2)cc1)c1ccccc1. The molecule has 27 heavy (non-hydrogen) atoms. The zero-order chi connectivity index (χ0) is 18.5. The summed E-state index contributed by atoms with van der Waals surface area (Å²) in [6.45, 7) is 4.20. The molecular formula is C24H22INO. The van der Waals surface area contributed by atoms with Gasteiger partial charge in [-0.05, 0) is 51.4 Å². The second kappa shape index (κ2) is 8.72. The van der Waals surface area contributed by atoms with Crippen molar-refractivity contribution >= 4 is 31.7 Å². The topological polar surface area (TPSA) is 12.2 Å². The average molecular weight is 465 g/mol. The van der Waals surface area contributed by atoms with E-state index in [9.17, 15) is 0 Å². The summed E-state index contributed by atoms with van der Waals surface area (Å²) in [5.74, 6) is 0.933. The second-order valence-corrected chi connectivity index (χ2v) is 7.71. The first-order chi connectivity index (χ1) is 13.3. The molecule has 0 radical (unpaired) electrons. The molecule has 3 aromatic rings. The highest BCUT2D eigenvalue weighted by Gasteiger charge is 2.16. The molecule has 1 fully saturated rings. The van der Waals surface area contributed by atoms with Crippen molar-refractivity contribution in [2.24, 2.45) is 0 Å². The lowest BCUT2D eigenvalue weighted by Crippen LogP contribution is -2.10. The molecule has 1 aliphatic heterocycles. The fourth-order valence-corrected chi connectivity index (χ4v) is 4.04. The maximum Gasteiger partial charge on any atom is 0.119 e. The number of halogens is 1. The number of hydrogen-bond acceptors (Lipinski definition) is 2. The summed E-state index contributed by atoms with van der Waals surface area (Å²) in [6, 6.07) is 29.6. The van der Waals surface area contributed by atoms with E-state index in [0.717, 1.165) is 18.9 Å². The summed E-state index contributed by atoms with van der Waals surface area (Å²) in [5.41, 5.74) is 4.91. The van der Waals surface area contributed by atoms with Crippen molar-refractivity contribution in [2.75, 3.05) is 26.2 Å². The lowest BCUT2D eigenvalue weighted by Gasteiger charge is -2.14. The predicted octanol–water partition coefficient (Wildman–Crippen LogP) is 5.73. The van der Waals surface area contributed by atoms with Crippen molar-refractivity contribution < 1.29 is 4.74 Å². The Bertz CT molecular complexity index is 900. The third-order valence-electron chi connectivity index (χ3n) is 4.67. The van der Waals surface area contributed by atoms with Gasteiger partial charge in [0.2, 0.25) is 0 Å². The second-order valence-electron chi connectivity index (χ2n) is 6.64. The zero-order valence-electron chi connectivity index (χ0n) is 15.1. The van der Waals surface area contributed by atoms with Crippen LogP contribution in [0.25, 0.3) is 9.15 Å². The molecule has 1 saturated heterocycles. The van der Waals surface area contributed by atoms with Gasteiger partial charge in [-0.3, -0.25) is 4.90 Å². The summed E-state index contributed by atoms with van der Waals surface area (Å²) in [4.78, 5) is 2.37. The minimum Gasteiger partial charge on any atom is -0.492 e. The van der Waals surface area contributed by atoms with Crippen LogP contribution in [0.15, 0.2) is 84.9 Å². The normalized spacial score (nSPS) is 14.6. The smallest absolute Gasteiger partial charge is 0.119 e. The van der Waals surface area contributed by atoms with Crippen molar-refractivity contribution in [1.29, 1.82) is 0 Å². The minimum absolute atomic E-state index is 0.752. The van der Waals surface area contributed by atoms with Gasteiger partial charge >= 0.3 is 0 Å². The van der Waals surface area contributed by atoms with Crippen molar-refractivity contribution in [2.45, 2.75) is 0 Å². The molecule has 0 saturated carbocycles. The Hall–Kier alpha value is -2.11. The zero-order valence-corrected chi connectivity index (χ0v) is 17.3. The van der Waals surface area contributed by atoms with Crippen LogP contribution in [0.4, 0.5) is 0 Å². The van der Waals surface area contributed by atoms with Gasteiger partial charge in [0.25, 0.3) is 0 Å². The Labute approximate surface area is 174 Å². The molecular weight excluding hydrogens is 443 g/mol. The van der Waals surface area contributed by atoms with Crippen LogP contribution in [-0.2, 0) is 0 Å². The third kappa shape index (κ3) is 4.79. The molecule has 0 unspecified atom stereocenters. The van der Waals surface area contributed by atoms with Gasteiger partial charge in [0.05, 0.1) is 0 Å². The van der Waals surface area contributed by atoms with E-state index in [-0.39, 0.29) is 0 Å². The van der Waals surface area contributed by atoms with Gasteiger partial charge in [-0.25, -0.2) is 0 Å². The van der Waals surface area contributed by atoms with Crippen LogP contribution in [0.3, 0.4) is 0 Å². The molecule has 0 atom stereocenters. The van der Waals surface area contributed by atoms with E-state index < -0.39 is 0 Å². The largest absolute Gasteiger partial charge is 0.492 e. The number of nitrogens with zero attached hydrogens (tertiary/aromatic N) is 1. The Morgan fingerprint density at radius 2 is 1.30 bits per heavy atom. The fourth-order valence-electron chi connectivity index (χ4n) is 3.06. The van der Waals surface area contributed by atoms with Crippen LogP contribution in [0, 0.1) is 0 Å². The molecule has 0 bridgehead atoms. The lowest BCUT2D eigenvalue weighted by atomic mass is 9.95. The number of ether oxygens (including phenoxy) is 1. The monoisotopic (exact) mass is 465 g/mol. The van der Waals surface area contributed by atoms with Gasteiger partial charge < -0.3 is 4.74 Å². The van der Waals surface area contributed by atoms with Gasteiger partial charge in [0, 0.05) is 28.8 Å². The summed E-state index contributed by atoms with van der Waals surface area (Å²) >= 11 is 2.46. The highest BCUT2D eigenvalue weighted by molar-refractivity contribution is 14.1. The van der Waals surface area contributed by atoms with Crippen LogP contribution in [0.5, 0.6) is 5.75 Å². The van der Waals surface area contributed by atoms with Crippen LogP contribution >= 0.6 is 22.6 Å². The van der Waals surface area contributed by atoms with Gasteiger partial charge in [-0.2, -0.15) is 0 Å². The summed E-state index contributed by atoms with van der Waals surface area (Å²) < 4.78 is 7.13. The lowest BCUT2D eigenvalue weighted by molar-refractivity contribution is 0.292. The first kappa shape index (κ1) is 18.3. The van der Waals surface area contributed by atoms with E-state index in [1.54, 1.807) is 0 Å². The first-order valence-corrected chi connectivity index (χ1v) is 10.4. The summed E-state index contributed by atoms with van der Waals surface area (Å²) in [5, 5.41) is 0. The molecule has 0 spiro atoms. The van der Waals surface area contributed by atoms with Gasteiger partial charge in [0.15, 0.2) is 0 Å². The Kier molecular flexibility index (Phi) is 5.90. The minimum atomic E-state index is 0.752. The quantitative estimate of drug-likeness (QED) is 0.251. The van der Waals surface area contributed by atoms with Crippen molar-refractivity contribution in [3.63, 3.8) is 0 Å². The number of hydrogen-bond donors (Lipinski definition) is 0. The van der Waals surface area contributed by atoms with E-state index in [4.69, 9.17) is 4.74 Å². The molecule has 3 heteroatoms. The van der Waals surface area contributed by atoms with Crippen LogP contribution in [0.2, 0.25) is 0 Å². The summed E-state index contributed by atoms with van der Waals surface area (Å²) in [7, 11) is 0. The van der Waals surface area contributed by atoms with Crippen LogP contribution < -0.4 is 4.74 Å². The first-order valence-electron chi connectivity index (χ1n) is 9.27. The van der Waals surface area contributed by atoms with E-state index in [0.29, 0.717) is 0 Å². The van der Waals surface area contributed by atoms with Gasteiger partial charge in [-0.15, -0.1) is 0 Å². The Morgan fingerprint density at radius 3 is 1.89 bits per heavy atom. The molecule has 2 nitrogen and oxygen atoms in total. The maximum atomic E-state index is 5.88. The van der Waals surface area contributed by atoms with Crippen molar-refractivity contribution in [1.82, 2.24) is 4.90 Å². The third-order valence-corrected chi connectivity index (χ3v) is 5.83. The Balaban J connectivity index is 1.64. The fraction of sp³-hybridized carbons (Fsp3) is 0.167. The molecule has 1 heterocycles. The molecule has 4 rings (SSSR count). The van der Waals surface area contributed by atoms with Gasteiger partial charge in [0.1, 0.15) is 12.4 Å². The van der Waals surface area contributed by atoms with E-state index in [1.807, 2.05) is 0 Å². The number of rotatable bonds is 7. The van der Waals surface area contributed by atoms with E-state index in [2.05, 4.69) is 112 Å². The molecule has 0 aliphatic carbocycles. The van der Waals surface area contributed by atoms with Gasteiger partial charge in [-0.1, -0.05) is 72.8 Å². The molecule has 0 aromatic heterocycles. The van der Waals surface area contributed by atoms with Crippen LogP contribution in [0.1, 0.15) is 16.7 Å². The highest BCUT2D eigenvalue weighted by Crippen LogP contribution is 2.36. The maximum absolute atomic E-state index is 5.88.